The number of aryl methyl sites for hydroxylation is 1. The molecule has 2 rings (SSSR count). The van der Waals surface area contributed by atoms with Crippen molar-refractivity contribution in [3.8, 4) is 0 Å². The fourth-order valence-corrected chi connectivity index (χ4v) is 3.98. The van der Waals surface area contributed by atoms with Gasteiger partial charge in [0.15, 0.2) is 0 Å². The first kappa shape index (κ1) is 21.0. The first-order valence-electron chi connectivity index (χ1n) is 8.78. The molecule has 1 heterocycles. The molecule has 1 aliphatic rings. The molecule has 1 aromatic rings. The zero-order chi connectivity index (χ0) is 19.5. The Bertz CT molecular complexity index is 712. The number of nitrogens with one attached hydrogen (secondary N) is 2. The van der Waals surface area contributed by atoms with Crippen molar-refractivity contribution in [1.82, 2.24) is 9.71 Å². The maximum Gasteiger partial charge on any atom is 0.417 e. The number of hydrogen-bond donors (Lipinski definition) is 2. The molecule has 0 aliphatic heterocycles. The topological polar surface area (TPSA) is 71.1 Å². The molecule has 0 amide bonds. The van der Waals surface area contributed by atoms with E-state index in [1.54, 1.807) is 20.8 Å². The number of aromatic nitrogens is 1. The Morgan fingerprint density at radius 1 is 1.23 bits per heavy atom. The number of nitrogens with zero attached hydrogens (tertiary/aromatic N) is 1. The number of rotatable bonds is 6. The lowest BCUT2D eigenvalue weighted by Crippen LogP contribution is -2.41. The first-order chi connectivity index (χ1) is 12.0. The van der Waals surface area contributed by atoms with E-state index in [9.17, 15) is 21.6 Å². The van der Waals surface area contributed by atoms with Gasteiger partial charge in [-0.2, -0.15) is 13.2 Å². The normalized spacial score (nSPS) is 21.8. The van der Waals surface area contributed by atoms with Crippen LogP contribution in [0.2, 0.25) is 0 Å². The summed E-state index contributed by atoms with van der Waals surface area (Å²) in [5, 5.41) is 2.68. The van der Waals surface area contributed by atoms with Gasteiger partial charge in [-0.3, -0.25) is 0 Å². The maximum absolute atomic E-state index is 12.7. The van der Waals surface area contributed by atoms with Crippen LogP contribution in [0.15, 0.2) is 12.3 Å². The Balaban J connectivity index is 1.84. The minimum absolute atomic E-state index is 0.0374. The molecule has 0 aromatic carbocycles. The van der Waals surface area contributed by atoms with E-state index in [0.29, 0.717) is 23.8 Å². The van der Waals surface area contributed by atoms with Crippen LogP contribution in [0.4, 0.5) is 19.0 Å². The number of pyridine rings is 1. The van der Waals surface area contributed by atoms with Crippen LogP contribution in [0.1, 0.15) is 50.7 Å². The van der Waals surface area contributed by atoms with Crippen LogP contribution >= 0.6 is 0 Å². The van der Waals surface area contributed by atoms with Crippen LogP contribution in [0.5, 0.6) is 0 Å². The van der Waals surface area contributed by atoms with Crippen LogP contribution < -0.4 is 10.0 Å². The summed E-state index contributed by atoms with van der Waals surface area (Å²) < 4.78 is 64.6. The Morgan fingerprint density at radius 3 is 2.35 bits per heavy atom. The minimum Gasteiger partial charge on any atom is -0.370 e. The van der Waals surface area contributed by atoms with E-state index in [4.69, 9.17) is 0 Å². The Labute approximate surface area is 152 Å². The summed E-state index contributed by atoms with van der Waals surface area (Å²) in [5.41, 5.74) is -0.295. The second kappa shape index (κ2) is 8.12. The zero-order valence-corrected chi connectivity index (χ0v) is 16.0. The summed E-state index contributed by atoms with van der Waals surface area (Å²) in [5.74, 6) is 0.805. The minimum atomic E-state index is -4.39. The number of sulfonamides is 1. The summed E-state index contributed by atoms with van der Waals surface area (Å²) >= 11 is 0. The molecule has 1 saturated carbocycles. The van der Waals surface area contributed by atoms with Crippen molar-refractivity contribution < 1.29 is 21.6 Å². The van der Waals surface area contributed by atoms with Gasteiger partial charge in [0, 0.05) is 18.8 Å². The summed E-state index contributed by atoms with van der Waals surface area (Å²) in [6.07, 6.45) is -0.309. The molecular weight excluding hydrogens is 367 g/mol. The van der Waals surface area contributed by atoms with Gasteiger partial charge < -0.3 is 5.32 Å². The monoisotopic (exact) mass is 393 g/mol. The van der Waals surface area contributed by atoms with Crippen molar-refractivity contribution in [2.45, 2.75) is 63.9 Å². The Kier molecular flexibility index (Phi) is 6.55. The van der Waals surface area contributed by atoms with E-state index < -0.39 is 27.0 Å². The van der Waals surface area contributed by atoms with E-state index >= 15 is 0 Å². The third kappa shape index (κ3) is 5.57. The molecule has 26 heavy (non-hydrogen) atoms. The van der Waals surface area contributed by atoms with Crippen molar-refractivity contribution in [2.75, 3.05) is 11.9 Å². The van der Waals surface area contributed by atoms with Crippen LogP contribution in [-0.2, 0) is 16.2 Å². The lowest BCUT2D eigenvalue weighted by atomic mass is 9.86. The summed E-state index contributed by atoms with van der Waals surface area (Å²) in [6.45, 7) is 5.51. The molecular formula is C17H26F3N3O2S. The molecule has 0 saturated heterocycles. The van der Waals surface area contributed by atoms with Gasteiger partial charge in [-0.15, -0.1) is 0 Å². The summed E-state index contributed by atoms with van der Waals surface area (Å²) in [7, 11) is -3.26. The summed E-state index contributed by atoms with van der Waals surface area (Å²) in [6, 6.07) is 1.05. The van der Waals surface area contributed by atoms with Crippen LogP contribution in [0, 0.1) is 12.8 Å². The van der Waals surface area contributed by atoms with Crippen molar-refractivity contribution in [3.63, 3.8) is 0 Å². The van der Waals surface area contributed by atoms with Gasteiger partial charge in [0.2, 0.25) is 10.0 Å². The van der Waals surface area contributed by atoms with Gasteiger partial charge in [-0.1, -0.05) is 0 Å². The second-order valence-corrected chi connectivity index (χ2v) is 9.47. The van der Waals surface area contributed by atoms with E-state index in [2.05, 4.69) is 15.0 Å². The van der Waals surface area contributed by atoms with Crippen molar-refractivity contribution >= 4 is 15.8 Å². The second-order valence-electron chi connectivity index (χ2n) is 7.20. The van der Waals surface area contributed by atoms with Crippen LogP contribution in [0.3, 0.4) is 0 Å². The highest BCUT2D eigenvalue weighted by atomic mass is 32.2. The SMILES string of the molecule is Cc1cc(C(F)(F)F)cnc1NCC1CCC(NS(=O)(=O)C(C)C)CC1. The molecule has 148 valence electrons. The smallest absolute Gasteiger partial charge is 0.370 e. The van der Waals surface area contributed by atoms with Gasteiger partial charge in [-0.25, -0.2) is 18.1 Å². The molecule has 9 heteroatoms. The molecule has 0 atom stereocenters. The third-order valence-electron chi connectivity index (χ3n) is 4.76. The van der Waals surface area contributed by atoms with E-state index in [0.717, 1.165) is 37.9 Å². The van der Waals surface area contributed by atoms with E-state index in [1.165, 1.54) is 0 Å². The Hall–Kier alpha value is -1.35. The van der Waals surface area contributed by atoms with E-state index in [-0.39, 0.29) is 6.04 Å². The first-order valence-corrected chi connectivity index (χ1v) is 10.3. The number of alkyl halides is 3. The molecule has 0 bridgehead atoms. The predicted octanol–water partition coefficient (Wildman–Crippen LogP) is 3.71. The van der Waals surface area contributed by atoms with Gasteiger partial charge in [0.1, 0.15) is 5.82 Å². The zero-order valence-electron chi connectivity index (χ0n) is 15.2. The number of halogens is 3. The highest BCUT2D eigenvalue weighted by Gasteiger charge is 2.31. The van der Waals surface area contributed by atoms with Crippen molar-refractivity contribution in [2.24, 2.45) is 5.92 Å². The highest BCUT2D eigenvalue weighted by molar-refractivity contribution is 7.90. The molecule has 1 fully saturated rings. The number of hydrogen-bond acceptors (Lipinski definition) is 4. The Morgan fingerprint density at radius 2 is 1.85 bits per heavy atom. The molecule has 0 unspecified atom stereocenters. The quantitative estimate of drug-likeness (QED) is 0.773. The van der Waals surface area contributed by atoms with Gasteiger partial charge >= 0.3 is 6.18 Å². The summed E-state index contributed by atoms with van der Waals surface area (Å²) in [4.78, 5) is 3.89. The predicted molar refractivity (Wildman–Crippen MR) is 95.4 cm³/mol. The molecule has 0 radical (unpaired) electrons. The molecule has 5 nitrogen and oxygen atoms in total. The highest BCUT2D eigenvalue weighted by Crippen LogP contribution is 2.31. The third-order valence-corrected chi connectivity index (χ3v) is 6.67. The standard InChI is InChI=1S/C17H26F3N3O2S/c1-11(2)26(24,25)23-15-6-4-13(5-7-15)9-21-16-12(3)8-14(10-22-16)17(18,19)20/h8,10-11,13,15,23H,4-7,9H2,1-3H3,(H,21,22). The average molecular weight is 393 g/mol. The lowest BCUT2D eigenvalue weighted by molar-refractivity contribution is -0.137. The fraction of sp³-hybridized carbons (Fsp3) is 0.706. The van der Waals surface area contributed by atoms with Crippen molar-refractivity contribution in [1.29, 1.82) is 0 Å². The van der Waals surface area contributed by atoms with Gasteiger partial charge in [-0.05, 0) is 64.0 Å². The maximum atomic E-state index is 12.7. The van der Waals surface area contributed by atoms with Crippen LogP contribution in [0.25, 0.3) is 0 Å². The van der Waals surface area contributed by atoms with Crippen LogP contribution in [-0.4, -0.2) is 31.2 Å². The van der Waals surface area contributed by atoms with Gasteiger partial charge in [0.25, 0.3) is 0 Å². The fourth-order valence-electron chi connectivity index (χ4n) is 3.01. The average Bonchev–Trinajstić information content (AvgIpc) is 2.53. The van der Waals surface area contributed by atoms with Gasteiger partial charge in [0.05, 0.1) is 10.8 Å². The molecule has 2 N–H and O–H groups in total. The molecule has 0 spiro atoms. The lowest BCUT2D eigenvalue weighted by Gasteiger charge is -2.29. The largest absolute Gasteiger partial charge is 0.417 e. The molecule has 1 aromatic heterocycles. The number of anilines is 1. The molecule has 1 aliphatic carbocycles. The van der Waals surface area contributed by atoms with E-state index in [1.807, 2.05) is 0 Å². The van der Waals surface area contributed by atoms with Crippen molar-refractivity contribution in [3.05, 3.63) is 23.4 Å².